The van der Waals surface area contributed by atoms with Crippen LogP contribution < -0.4 is 10.6 Å². The minimum absolute atomic E-state index is 0.220. The average molecular weight is 391 g/mol. The number of hydrogen-bond donors (Lipinski definition) is 2. The Hall–Kier alpha value is -2.57. The van der Waals surface area contributed by atoms with E-state index in [1.54, 1.807) is 37.4 Å². The summed E-state index contributed by atoms with van der Waals surface area (Å²) < 4.78 is 5.00. The van der Waals surface area contributed by atoms with Gasteiger partial charge in [0.15, 0.2) is 5.82 Å². The van der Waals surface area contributed by atoms with Crippen LogP contribution >= 0.6 is 23.2 Å². The highest BCUT2D eigenvalue weighted by molar-refractivity contribution is 6.35. The van der Waals surface area contributed by atoms with Crippen LogP contribution in [0.1, 0.15) is 21.7 Å². The fourth-order valence-corrected chi connectivity index (χ4v) is 2.85. The molecule has 134 valence electrons. The molecule has 1 amide bonds. The largest absolute Gasteiger partial charge is 0.360 e. The zero-order valence-corrected chi connectivity index (χ0v) is 15.4. The molecule has 1 aromatic carbocycles. The summed E-state index contributed by atoms with van der Waals surface area (Å²) in [6, 6.07) is 8.76. The number of aryl methyl sites for hydroxylation is 1. The highest BCUT2D eigenvalue weighted by atomic mass is 35.5. The van der Waals surface area contributed by atoms with Crippen LogP contribution in [0.15, 0.2) is 47.2 Å². The van der Waals surface area contributed by atoms with Gasteiger partial charge in [-0.05, 0) is 37.1 Å². The second-order valence-corrected chi connectivity index (χ2v) is 6.50. The van der Waals surface area contributed by atoms with E-state index in [0.29, 0.717) is 45.8 Å². The molecule has 2 N–H and O–H groups in total. The summed E-state index contributed by atoms with van der Waals surface area (Å²) in [6.07, 6.45) is 3.71. The summed E-state index contributed by atoms with van der Waals surface area (Å²) in [5.41, 5.74) is 2.01. The van der Waals surface area contributed by atoms with Gasteiger partial charge in [-0.2, -0.15) is 0 Å². The van der Waals surface area contributed by atoms with Crippen LogP contribution in [0.25, 0.3) is 0 Å². The lowest BCUT2D eigenvalue weighted by Gasteiger charge is -2.08. The number of pyridine rings is 1. The molecule has 0 saturated carbocycles. The number of anilines is 2. The Morgan fingerprint density at radius 3 is 2.77 bits per heavy atom. The minimum atomic E-state index is -0.220. The van der Waals surface area contributed by atoms with Crippen molar-refractivity contribution in [1.29, 1.82) is 0 Å². The molecule has 0 bridgehead atoms. The number of carbonyl (C=O) groups excluding carboxylic acids is 1. The molecule has 6 nitrogen and oxygen atoms in total. The lowest BCUT2D eigenvalue weighted by atomic mass is 10.1. The van der Waals surface area contributed by atoms with Crippen LogP contribution in [0, 0.1) is 6.92 Å². The predicted molar refractivity (Wildman–Crippen MR) is 101 cm³/mol. The Morgan fingerprint density at radius 2 is 2.04 bits per heavy atom. The van der Waals surface area contributed by atoms with Crippen LogP contribution in [0.5, 0.6) is 0 Å². The van der Waals surface area contributed by atoms with Gasteiger partial charge in [0.2, 0.25) is 0 Å². The van der Waals surface area contributed by atoms with Crippen molar-refractivity contribution in [1.82, 2.24) is 15.5 Å². The molecule has 0 atom stereocenters. The maximum absolute atomic E-state index is 12.3. The molecule has 0 aliphatic rings. The molecule has 0 aliphatic heterocycles. The van der Waals surface area contributed by atoms with Gasteiger partial charge in [-0.15, -0.1) is 0 Å². The van der Waals surface area contributed by atoms with E-state index in [2.05, 4.69) is 20.8 Å². The molecule has 0 saturated heterocycles. The second-order valence-electron chi connectivity index (χ2n) is 5.65. The van der Waals surface area contributed by atoms with E-state index in [1.807, 2.05) is 6.07 Å². The molecule has 0 fully saturated rings. The van der Waals surface area contributed by atoms with Crippen LogP contribution in [0.2, 0.25) is 10.0 Å². The topological polar surface area (TPSA) is 80.0 Å². The molecule has 0 spiro atoms. The molecular weight excluding hydrogens is 375 g/mol. The number of benzene rings is 1. The van der Waals surface area contributed by atoms with Gasteiger partial charge in [0.1, 0.15) is 5.76 Å². The van der Waals surface area contributed by atoms with E-state index >= 15 is 0 Å². The van der Waals surface area contributed by atoms with E-state index in [9.17, 15) is 4.79 Å². The Bertz CT molecular complexity index is 927. The fourth-order valence-electron chi connectivity index (χ4n) is 2.34. The van der Waals surface area contributed by atoms with Crippen LogP contribution in [-0.4, -0.2) is 22.6 Å². The predicted octanol–water partition coefficient (Wildman–Crippen LogP) is 4.40. The first-order valence-electron chi connectivity index (χ1n) is 7.89. The standard InChI is InChI=1S/C18H16Cl2N4O2/c1-11-6-17(24-26-11)23-15-7-13(9-21-10-15)18(25)22-5-4-12-2-3-14(19)8-16(12)20/h2-3,6-10H,4-5H2,1H3,(H,22,25)(H,23,24). The number of amides is 1. The van der Waals surface area contributed by atoms with Crippen molar-refractivity contribution in [3.63, 3.8) is 0 Å². The molecule has 0 unspecified atom stereocenters. The van der Waals surface area contributed by atoms with Crippen LogP contribution in [-0.2, 0) is 6.42 Å². The molecule has 2 aromatic heterocycles. The van der Waals surface area contributed by atoms with Crippen molar-refractivity contribution >= 4 is 40.6 Å². The number of carbonyl (C=O) groups is 1. The zero-order chi connectivity index (χ0) is 18.5. The van der Waals surface area contributed by atoms with E-state index in [4.69, 9.17) is 27.7 Å². The Kier molecular flexibility index (Phi) is 5.75. The summed E-state index contributed by atoms with van der Waals surface area (Å²) in [6.45, 7) is 2.24. The minimum Gasteiger partial charge on any atom is -0.360 e. The first kappa shape index (κ1) is 18.2. The SMILES string of the molecule is Cc1cc(Nc2cncc(C(=O)NCCc3ccc(Cl)cc3Cl)c2)no1. The molecule has 8 heteroatoms. The second kappa shape index (κ2) is 8.21. The number of rotatable bonds is 6. The third-order valence-electron chi connectivity index (χ3n) is 3.60. The van der Waals surface area contributed by atoms with Crippen molar-refractivity contribution < 1.29 is 9.32 Å². The van der Waals surface area contributed by atoms with Gasteiger partial charge in [0, 0.05) is 28.9 Å². The molecule has 3 aromatic rings. The van der Waals surface area contributed by atoms with Gasteiger partial charge in [-0.25, -0.2) is 0 Å². The lowest BCUT2D eigenvalue weighted by Crippen LogP contribution is -2.25. The lowest BCUT2D eigenvalue weighted by molar-refractivity contribution is 0.0954. The van der Waals surface area contributed by atoms with Crippen molar-refractivity contribution in [3.8, 4) is 0 Å². The average Bonchev–Trinajstić information content (AvgIpc) is 3.02. The first-order chi connectivity index (χ1) is 12.5. The van der Waals surface area contributed by atoms with Gasteiger partial charge in [0.25, 0.3) is 5.91 Å². The smallest absolute Gasteiger partial charge is 0.252 e. The van der Waals surface area contributed by atoms with Gasteiger partial charge in [-0.3, -0.25) is 9.78 Å². The maximum atomic E-state index is 12.3. The van der Waals surface area contributed by atoms with E-state index < -0.39 is 0 Å². The molecule has 26 heavy (non-hydrogen) atoms. The summed E-state index contributed by atoms with van der Waals surface area (Å²) in [5, 5.41) is 10.9. The molecule has 0 aliphatic carbocycles. The number of nitrogens with one attached hydrogen (secondary N) is 2. The Morgan fingerprint density at radius 1 is 1.19 bits per heavy atom. The molecular formula is C18H16Cl2N4O2. The van der Waals surface area contributed by atoms with Crippen molar-refractivity contribution in [2.24, 2.45) is 0 Å². The molecule has 0 radical (unpaired) electrons. The third-order valence-corrected chi connectivity index (χ3v) is 4.18. The number of aromatic nitrogens is 2. The third kappa shape index (κ3) is 4.74. The quantitative estimate of drug-likeness (QED) is 0.651. The maximum Gasteiger partial charge on any atom is 0.252 e. The molecule has 3 rings (SSSR count). The molecule has 2 heterocycles. The Labute approximate surface area is 160 Å². The van der Waals surface area contributed by atoms with Crippen molar-refractivity contribution in [3.05, 3.63) is 69.7 Å². The van der Waals surface area contributed by atoms with E-state index in [0.717, 1.165) is 5.56 Å². The van der Waals surface area contributed by atoms with E-state index in [1.165, 1.54) is 6.20 Å². The van der Waals surface area contributed by atoms with Gasteiger partial charge >= 0.3 is 0 Å². The highest BCUT2D eigenvalue weighted by Crippen LogP contribution is 2.21. The number of halogens is 2. The van der Waals surface area contributed by atoms with Crippen molar-refractivity contribution in [2.75, 3.05) is 11.9 Å². The summed E-state index contributed by atoms with van der Waals surface area (Å²) in [5.74, 6) is 1.03. The van der Waals surface area contributed by atoms with Gasteiger partial charge in [0.05, 0.1) is 17.4 Å². The van der Waals surface area contributed by atoms with Crippen LogP contribution in [0.4, 0.5) is 11.5 Å². The van der Waals surface area contributed by atoms with E-state index in [-0.39, 0.29) is 5.91 Å². The number of hydrogen-bond acceptors (Lipinski definition) is 5. The first-order valence-corrected chi connectivity index (χ1v) is 8.64. The monoisotopic (exact) mass is 390 g/mol. The summed E-state index contributed by atoms with van der Waals surface area (Å²) in [4.78, 5) is 16.4. The normalized spacial score (nSPS) is 10.6. The zero-order valence-electron chi connectivity index (χ0n) is 13.9. The highest BCUT2D eigenvalue weighted by Gasteiger charge is 2.09. The van der Waals surface area contributed by atoms with Crippen LogP contribution in [0.3, 0.4) is 0 Å². The number of nitrogens with zero attached hydrogens (tertiary/aromatic N) is 2. The summed E-state index contributed by atoms with van der Waals surface area (Å²) in [7, 11) is 0. The van der Waals surface area contributed by atoms with Gasteiger partial charge < -0.3 is 15.2 Å². The Balaban J connectivity index is 1.58. The van der Waals surface area contributed by atoms with Crippen molar-refractivity contribution in [2.45, 2.75) is 13.3 Å². The van der Waals surface area contributed by atoms with Gasteiger partial charge in [-0.1, -0.05) is 34.4 Å². The summed E-state index contributed by atoms with van der Waals surface area (Å²) >= 11 is 12.0. The fraction of sp³-hybridized carbons (Fsp3) is 0.167.